The third kappa shape index (κ3) is 3.16. The molecule has 1 aromatic carbocycles. The second-order valence-electron chi connectivity index (χ2n) is 3.42. The number of methoxy groups -OCH3 is 3. The van der Waals surface area contributed by atoms with Gasteiger partial charge in [0.2, 0.25) is 5.75 Å². The Hall–Kier alpha value is -2.68. The van der Waals surface area contributed by atoms with Crippen molar-refractivity contribution in [3.63, 3.8) is 0 Å². The Morgan fingerprint density at radius 3 is 2.05 bits per heavy atom. The van der Waals surface area contributed by atoms with E-state index in [2.05, 4.69) is 0 Å². The van der Waals surface area contributed by atoms with Crippen LogP contribution in [-0.4, -0.2) is 27.3 Å². The summed E-state index contributed by atoms with van der Waals surface area (Å²) in [6, 6.07) is 4.60. The van der Waals surface area contributed by atoms with Gasteiger partial charge in [0.05, 0.1) is 32.9 Å². The van der Waals surface area contributed by atoms with Gasteiger partial charge in [-0.15, -0.1) is 0 Å². The number of carboxylic acid groups (broad SMARTS) is 1. The van der Waals surface area contributed by atoms with E-state index in [9.17, 15) is 9.90 Å². The number of rotatable bonds is 5. The minimum atomic E-state index is -1.55. The molecular weight excluding hydrogens is 250 g/mol. The molecule has 0 radical (unpaired) electrons. The summed E-state index contributed by atoms with van der Waals surface area (Å²) in [6.45, 7) is 0. The van der Waals surface area contributed by atoms with E-state index in [1.165, 1.54) is 45.6 Å². The normalized spacial score (nSPS) is 10.5. The van der Waals surface area contributed by atoms with Crippen molar-refractivity contribution in [2.24, 2.45) is 0 Å². The van der Waals surface area contributed by atoms with Gasteiger partial charge in [-0.1, -0.05) is 0 Å². The first-order valence-corrected chi connectivity index (χ1v) is 5.20. The summed E-state index contributed by atoms with van der Waals surface area (Å²) < 4.78 is 15.4. The molecule has 0 unspecified atom stereocenters. The van der Waals surface area contributed by atoms with Gasteiger partial charge >= 0.3 is 0 Å². The van der Waals surface area contributed by atoms with Crippen molar-refractivity contribution < 1.29 is 24.1 Å². The first kappa shape index (κ1) is 14.4. The minimum Gasteiger partial charge on any atom is -0.544 e. The lowest BCUT2D eigenvalue weighted by atomic mass is 10.1. The number of nitriles is 1. The molecule has 0 amide bonds. The third-order valence-electron chi connectivity index (χ3n) is 2.34. The summed E-state index contributed by atoms with van der Waals surface area (Å²) in [6.07, 6.45) is 1.17. The SMILES string of the molecule is COc1cc(/C=C(\C#N)C(=O)[O-])cc(OC)c1OC. The number of benzene rings is 1. The van der Waals surface area contributed by atoms with Crippen LogP contribution in [0.4, 0.5) is 0 Å². The highest BCUT2D eigenvalue weighted by Gasteiger charge is 2.12. The molecule has 1 aromatic rings. The van der Waals surface area contributed by atoms with Gasteiger partial charge in [-0.2, -0.15) is 5.26 Å². The van der Waals surface area contributed by atoms with Gasteiger partial charge in [-0.3, -0.25) is 0 Å². The van der Waals surface area contributed by atoms with Crippen LogP contribution in [0.25, 0.3) is 6.08 Å². The molecule has 0 aromatic heterocycles. The van der Waals surface area contributed by atoms with Crippen LogP contribution in [0.15, 0.2) is 17.7 Å². The Morgan fingerprint density at radius 2 is 1.74 bits per heavy atom. The first-order valence-electron chi connectivity index (χ1n) is 5.20. The highest BCUT2D eigenvalue weighted by Crippen LogP contribution is 2.38. The van der Waals surface area contributed by atoms with Crippen molar-refractivity contribution in [1.82, 2.24) is 0 Å². The Morgan fingerprint density at radius 1 is 1.21 bits per heavy atom. The first-order chi connectivity index (χ1) is 9.07. The van der Waals surface area contributed by atoms with E-state index in [4.69, 9.17) is 19.5 Å². The summed E-state index contributed by atoms with van der Waals surface area (Å²) >= 11 is 0. The van der Waals surface area contributed by atoms with E-state index in [-0.39, 0.29) is 0 Å². The molecular formula is C13H12NO5-. The van der Waals surface area contributed by atoms with Crippen LogP contribution < -0.4 is 19.3 Å². The van der Waals surface area contributed by atoms with E-state index >= 15 is 0 Å². The van der Waals surface area contributed by atoms with Gasteiger partial charge in [0.25, 0.3) is 0 Å². The number of ether oxygens (including phenoxy) is 3. The molecule has 0 heterocycles. The number of hydrogen-bond acceptors (Lipinski definition) is 6. The fraction of sp³-hybridized carbons (Fsp3) is 0.231. The molecule has 6 heteroatoms. The van der Waals surface area contributed by atoms with Crippen LogP contribution in [0.1, 0.15) is 5.56 Å². The largest absolute Gasteiger partial charge is 0.544 e. The number of carboxylic acids is 1. The van der Waals surface area contributed by atoms with Crippen LogP contribution in [0, 0.1) is 11.3 Å². The van der Waals surface area contributed by atoms with Crippen molar-refractivity contribution in [2.45, 2.75) is 0 Å². The standard InChI is InChI=1S/C13H13NO5/c1-17-10-5-8(4-9(7-14)13(15)16)6-11(18-2)12(10)19-3/h4-6H,1-3H3,(H,15,16)/p-1/b9-4+. The quantitative estimate of drug-likeness (QED) is 0.562. The Labute approximate surface area is 110 Å². The van der Waals surface area contributed by atoms with Crippen molar-refractivity contribution in [2.75, 3.05) is 21.3 Å². The molecule has 0 aliphatic heterocycles. The Kier molecular flexibility index (Phi) is 4.77. The molecule has 6 nitrogen and oxygen atoms in total. The van der Waals surface area contributed by atoms with Crippen LogP contribution in [-0.2, 0) is 4.79 Å². The zero-order chi connectivity index (χ0) is 14.4. The average Bonchev–Trinajstić information content (AvgIpc) is 2.42. The van der Waals surface area contributed by atoms with E-state index in [1.807, 2.05) is 0 Å². The summed E-state index contributed by atoms with van der Waals surface area (Å²) in [5.74, 6) is -0.433. The Bertz CT molecular complexity index is 532. The molecule has 19 heavy (non-hydrogen) atoms. The molecule has 0 aliphatic carbocycles. The smallest absolute Gasteiger partial charge is 0.203 e. The fourth-order valence-corrected chi connectivity index (χ4v) is 1.49. The molecule has 0 bridgehead atoms. The minimum absolute atomic E-state index is 0.365. The predicted octanol–water partition coefficient (Wildman–Crippen LogP) is 0.369. The molecule has 1 rings (SSSR count). The maximum absolute atomic E-state index is 10.7. The number of carbonyl (C=O) groups is 1. The van der Waals surface area contributed by atoms with E-state index < -0.39 is 11.5 Å². The molecule has 0 fully saturated rings. The van der Waals surface area contributed by atoms with E-state index in [0.29, 0.717) is 22.8 Å². The van der Waals surface area contributed by atoms with E-state index in [1.54, 1.807) is 0 Å². The molecule has 0 aliphatic rings. The summed E-state index contributed by atoms with van der Waals surface area (Å²) in [5, 5.41) is 19.4. The molecule has 0 N–H and O–H groups in total. The van der Waals surface area contributed by atoms with Crippen molar-refractivity contribution in [3.05, 3.63) is 23.3 Å². The molecule has 0 saturated carbocycles. The lowest BCUT2D eigenvalue weighted by Crippen LogP contribution is -2.23. The van der Waals surface area contributed by atoms with E-state index in [0.717, 1.165) is 0 Å². The van der Waals surface area contributed by atoms with Crippen molar-refractivity contribution in [1.29, 1.82) is 5.26 Å². The van der Waals surface area contributed by atoms with Crippen LogP contribution >= 0.6 is 0 Å². The third-order valence-corrected chi connectivity index (χ3v) is 2.34. The van der Waals surface area contributed by atoms with Crippen molar-refractivity contribution in [3.8, 4) is 23.3 Å². The van der Waals surface area contributed by atoms with Gasteiger partial charge in [-0.05, 0) is 23.8 Å². The number of carbonyl (C=O) groups excluding carboxylic acids is 1. The highest BCUT2D eigenvalue weighted by atomic mass is 16.5. The number of aliphatic carboxylic acids is 1. The second kappa shape index (κ2) is 6.31. The molecule has 0 spiro atoms. The Balaban J connectivity index is 3.39. The number of hydrogen-bond donors (Lipinski definition) is 0. The molecule has 100 valence electrons. The topological polar surface area (TPSA) is 91.6 Å². The zero-order valence-corrected chi connectivity index (χ0v) is 10.7. The lowest BCUT2D eigenvalue weighted by Gasteiger charge is -2.13. The highest BCUT2D eigenvalue weighted by molar-refractivity contribution is 5.95. The van der Waals surface area contributed by atoms with Gasteiger partial charge in [-0.25, -0.2) is 0 Å². The van der Waals surface area contributed by atoms with Crippen molar-refractivity contribution >= 4 is 12.0 Å². The summed E-state index contributed by atoms with van der Waals surface area (Å²) in [7, 11) is 4.33. The molecule has 0 saturated heterocycles. The second-order valence-corrected chi connectivity index (χ2v) is 3.42. The van der Waals surface area contributed by atoms with Gasteiger partial charge < -0.3 is 24.1 Å². The fourth-order valence-electron chi connectivity index (χ4n) is 1.49. The maximum atomic E-state index is 10.7. The van der Waals surface area contributed by atoms with Gasteiger partial charge in [0.1, 0.15) is 6.07 Å². The summed E-state index contributed by atoms with van der Waals surface area (Å²) in [4.78, 5) is 10.7. The van der Waals surface area contributed by atoms with Crippen LogP contribution in [0.3, 0.4) is 0 Å². The monoisotopic (exact) mass is 262 g/mol. The maximum Gasteiger partial charge on any atom is 0.203 e. The summed E-state index contributed by atoms with van der Waals surface area (Å²) in [5.41, 5.74) is -0.0653. The zero-order valence-electron chi connectivity index (χ0n) is 10.7. The number of nitrogens with zero attached hydrogens (tertiary/aromatic N) is 1. The van der Waals surface area contributed by atoms with Crippen LogP contribution in [0.2, 0.25) is 0 Å². The lowest BCUT2D eigenvalue weighted by molar-refractivity contribution is -0.298. The van der Waals surface area contributed by atoms with Crippen LogP contribution in [0.5, 0.6) is 17.2 Å². The van der Waals surface area contributed by atoms with Gasteiger partial charge in [0.15, 0.2) is 11.5 Å². The predicted molar refractivity (Wildman–Crippen MR) is 64.7 cm³/mol. The molecule has 0 atom stereocenters. The van der Waals surface area contributed by atoms with Gasteiger partial charge in [0, 0.05) is 0 Å². The average molecular weight is 262 g/mol.